The minimum atomic E-state index is 0.986. The molecule has 1 aliphatic carbocycles. The van der Waals surface area contributed by atoms with Gasteiger partial charge in [-0.05, 0) is 444 Å². The molecule has 0 aromatic heterocycles. The van der Waals surface area contributed by atoms with Gasteiger partial charge in [0.2, 0.25) is 0 Å². The maximum atomic E-state index is 2.49. The molecule has 0 amide bonds. The van der Waals surface area contributed by atoms with Crippen molar-refractivity contribution in [3.63, 3.8) is 0 Å². The number of fused-ring (bicyclic) bond motifs is 5. The summed E-state index contributed by atoms with van der Waals surface area (Å²) in [5.41, 5.74) is 56.8. The Morgan fingerprint density at radius 3 is 0.616 bits per heavy atom. The molecule has 0 spiro atoms. The van der Waals surface area contributed by atoms with Gasteiger partial charge in [0, 0.05) is 0 Å². The zero-order chi connectivity index (χ0) is 54.1. The van der Waals surface area contributed by atoms with Crippen LogP contribution in [0.3, 0.4) is 0 Å². The van der Waals surface area contributed by atoms with E-state index < -0.39 is 0 Å². The lowest BCUT2D eigenvalue weighted by atomic mass is 9.71. The summed E-state index contributed by atoms with van der Waals surface area (Å²) in [6.07, 6.45) is 0.986. The van der Waals surface area contributed by atoms with E-state index in [1.807, 2.05) is 0 Å². The molecular formula is C73H86. The fourth-order valence-electron chi connectivity index (χ4n) is 14.9. The van der Waals surface area contributed by atoms with Crippen LogP contribution >= 0.6 is 0 Å². The summed E-state index contributed by atoms with van der Waals surface area (Å²) in [4.78, 5) is 0. The Hall–Kier alpha value is -5.72. The maximum Gasteiger partial charge on any atom is -0.000766 e. The van der Waals surface area contributed by atoms with Gasteiger partial charge >= 0.3 is 0 Å². The molecule has 1 aliphatic rings. The summed E-state index contributed by atoms with van der Waals surface area (Å²) >= 11 is 0. The van der Waals surface area contributed by atoms with Crippen LogP contribution in [0.4, 0.5) is 0 Å². The van der Waals surface area contributed by atoms with Crippen molar-refractivity contribution in [3.05, 3.63) is 167 Å². The number of benzene rings is 8. The van der Waals surface area contributed by atoms with Crippen molar-refractivity contribution in [2.45, 2.75) is 200 Å². The van der Waals surface area contributed by atoms with E-state index in [0.29, 0.717) is 0 Å². The molecular weight excluding hydrogens is 877 g/mol. The van der Waals surface area contributed by atoms with Crippen molar-refractivity contribution in [1.29, 1.82) is 0 Å². The standard InChI is InChI=1S/C73H86/c1-30-33(4)45(16)60(46(17)34(30)5)62-55(26)63(61-47(18)35(6)31(2)36(7)48(61)19)57(28)64(56(62)27)72-66-50(21)38(9)40(11)52(23)68(66)73(69-53(24)41(12)39(10)51(22)67(69)72)70-54(25)42(13)44(15)59-29-58-43(14)32(3)37(8)49(20)65(58)71(59)70/h29H2,1-28H3. The molecule has 0 saturated carbocycles. The lowest BCUT2D eigenvalue weighted by Gasteiger charge is -2.32. The Kier molecular flexibility index (Phi) is 12.5. The van der Waals surface area contributed by atoms with Gasteiger partial charge in [-0.15, -0.1) is 0 Å². The normalized spacial score (nSPS) is 12.3. The summed E-state index contributed by atoms with van der Waals surface area (Å²) in [7, 11) is 0. The van der Waals surface area contributed by atoms with Gasteiger partial charge in [0.25, 0.3) is 0 Å². The Morgan fingerprint density at radius 1 is 0.123 bits per heavy atom. The van der Waals surface area contributed by atoms with E-state index in [2.05, 4.69) is 194 Å². The number of hydrogen-bond donors (Lipinski definition) is 0. The zero-order valence-corrected chi connectivity index (χ0v) is 50.7. The fraction of sp³-hybridized carbons (Fsp3) is 0.397. The lowest BCUT2D eigenvalue weighted by molar-refractivity contribution is 1.12. The zero-order valence-electron chi connectivity index (χ0n) is 50.7. The third-order valence-corrected chi connectivity index (χ3v) is 21.5. The highest BCUT2D eigenvalue weighted by molar-refractivity contribution is 6.27. The Morgan fingerprint density at radius 2 is 0.301 bits per heavy atom. The summed E-state index contributed by atoms with van der Waals surface area (Å²) in [5, 5.41) is 5.71. The highest BCUT2D eigenvalue weighted by Gasteiger charge is 2.36. The van der Waals surface area contributed by atoms with Crippen LogP contribution < -0.4 is 0 Å². The van der Waals surface area contributed by atoms with Gasteiger partial charge in [-0.3, -0.25) is 0 Å². The molecule has 0 unspecified atom stereocenters. The number of aryl methyl sites for hydroxylation is 4. The molecule has 0 bridgehead atoms. The summed E-state index contributed by atoms with van der Waals surface area (Å²) in [5.74, 6) is 0. The summed E-state index contributed by atoms with van der Waals surface area (Å²) in [6.45, 7) is 67.3. The smallest absolute Gasteiger partial charge is 0.000766 e. The number of hydrogen-bond acceptors (Lipinski definition) is 0. The molecule has 0 fully saturated rings. The van der Waals surface area contributed by atoms with Crippen molar-refractivity contribution in [2.24, 2.45) is 0 Å². The molecule has 0 nitrogen and oxygen atoms in total. The van der Waals surface area contributed by atoms with Crippen LogP contribution in [-0.4, -0.2) is 0 Å². The molecule has 378 valence electrons. The highest BCUT2D eigenvalue weighted by atomic mass is 14.4. The first-order valence-corrected chi connectivity index (χ1v) is 27.5. The molecule has 0 heterocycles. The minimum absolute atomic E-state index is 0.986. The van der Waals surface area contributed by atoms with Gasteiger partial charge in [-0.1, -0.05) is 0 Å². The molecule has 0 N–H and O–H groups in total. The molecule has 0 atom stereocenters. The second-order valence-electron chi connectivity index (χ2n) is 23.9. The first kappa shape index (κ1) is 52.2. The third-order valence-electron chi connectivity index (χ3n) is 21.5. The molecule has 0 aliphatic heterocycles. The average molecular weight is 963 g/mol. The van der Waals surface area contributed by atoms with Crippen LogP contribution in [0.25, 0.3) is 77.2 Å². The van der Waals surface area contributed by atoms with Gasteiger partial charge in [0.15, 0.2) is 0 Å². The quantitative estimate of drug-likeness (QED) is 0.154. The Balaban J connectivity index is 1.67. The van der Waals surface area contributed by atoms with Gasteiger partial charge in [0.05, 0.1) is 0 Å². The molecule has 8 aromatic carbocycles. The van der Waals surface area contributed by atoms with Gasteiger partial charge < -0.3 is 0 Å². The van der Waals surface area contributed by atoms with Crippen LogP contribution in [0, 0.1) is 194 Å². The Labute approximate surface area is 442 Å². The topological polar surface area (TPSA) is 0 Å². The predicted molar refractivity (Wildman–Crippen MR) is 324 cm³/mol. The van der Waals surface area contributed by atoms with E-state index in [0.717, 1.165) is 6.42 Å². The third kappa shape index (κ3) is 6.69. The van der Waals surface area contributed by atoms with Crippen LogP contribution in [0.1, 0.15) is 167 Å². The van der Waals surface area contributed by atoms with Gasteiger partial charge in [-0.2, -0.15) is 0 Å². The molecule has 8 aromatic rings. The maximum absolute atomic E-state index is 2.49. The molecule has 73 heavy (non-hydrogen) atoms. The van der Waals surface area contributed by atoms with E-state index in [4.69, 9.17) is 0 Å². The summed E-state index contributed by atoms with van der Waals surface area (Å²) in [6, 6.07) is 0. The van der Waals surface area contributed by atoms with E-state index in [-0.39, 0.29) is 0 Å². The van der Waals surface area contributed by atoms with E-state index >= 15 is 0 Å². The largest absolute Gasteiger partial charge is 0.0447 e. The van der Waals surface area contributed by atoms with E-state index in [9.17, 15) is 0 Å². The highest BCUT2D eigenvalue weighted by Crippen LogP contribution is 2.59. The van der Waals surface area contributed by atoms with Crippen LogP contribution in [0.15, 0.2) is 0 Å². The van der Waals surface area contributed by atoms with Crippen molar-refractivity contribution in [2.75, 3.05) is 0 Å². The number of rotatable bonds is 4. The Bertz CT molecular complexity index is 3660. The van der Waals surface area contributed by atoms with E-state index in [1.165, 1.54) is 244 Å². The minimum Gasteiger partial charge on any atom is -0.0447 e. The first-order chi connectivity index (χ1) is 34.0. The van der Waals surface area contributed by atoms with Crippen molar-refractivity contribution >= 4 is 21.5 Å². The predicted octanol–water partition coefficient (Wildman–Crippen LogP) is 20.9. The fourth-order valence-corrected chi connectivity index (χ4v) is 14.9. The molecule has 0 heteroatoms. The van der Waals surface area contributed by atoms with Gasteiger partial charge in [0.1, 0.15) is 0 Å². The van der Waals surface area contributed by atoms with Crippen LogP contribution in [0.5, 0.6) is 0 Å². The molecule has 9 rings (SSSR count). The molecule has 0 radical (unpaired) electrons. The van der Waals surface area contributed by atoms with Crippen LogP contribution in [-0.2, 0) is 6.42 Å². The van der Waals surface area contributed by atoms with E-state index in [1.54, 1.807) is 0 Å². The monoisotopic (exact) mass is 963 g/mol. The van der Waals surface area contributed by atoms with Gasteiger partial charge in [-0.25, -0.2) is 0 Å². The lowest BCUT2D eigenvalue weighted by Crippen LogP contribution is -2.10. The molecule has 0 saturated heterocycles. The SMILES string of the molecule is Cc1c(C)c(C)c(-c2c(C)c(-c3c(C)c(C)c(C)c(C)c3C)c(C)c(-c3c4c(C)c(C)c(C)c(C)c4c(-c4c(C)c(C)c(C)c5c4-c4c(C)c(C)c(C)c(C)c4C5)c4c(C)c(C)c(C)c(C)c34)c2C)c(C)c1C. The van der Waals surface area contributed by atoms with Crippen LogP contribution in [0.2, 0.25) is 0 Å². The first-order valence-electron chi connectivity index (χ1n) is 27.5. The van der Waals surface area contributed by atoms with Crippen molar-refractivity contribution in [1.82, 2.24) is 0 Å². The second-order valence-corrected chi connectivity index (χ2v) is 23.9. The second kappa shape index (κ2) is 17.4. The van der Waals surface area contributed by atoms with Crippen molar-refractivity contribution in [3.8, 4) is 55.6 Å². The summed E-state index contributed by atoms with van der Waals surface area (Å²) < 4.78 is 0. The van der Waals surface area contributed by atoms with Crippen molar-refractivity contribution < 1.29 is 0 Å². The average Bonchev–Trinajstić information content (AvgIpc) is 3.76.